The summed E-state index contributed by atoms with van der Waals surface area (Å²) >= 11 is 0. The first-order chi connectivity index (χ1) is 15.7. The Labute approximate surface area is 197 Å². The highest BCUT2D eigenvalue weighted by Gasteiger charge is 2.31. The van der Waals surface area contributed by atoms with Gasteiger partial charge in [0.15, 0.2) is 0 Å². The summed E-state index contributed by atoms with van der Waals surface area (Å²) in [6.45, 7) is 11.5. The Morgan fingerprint density at radius 2 is 1.45 bits per heavy atom. The van der Waals surface area contributed by atoms with Gasteiger partial charge in [-0.3, -0.25) is 0 Å². The van der Waals surface area contributed by atoms with Gasteiger partial charge in [-0.05, 0) is 38.9 Å². The average molecular weight is 475 g/mol. The zero-order valence-electron chi connectivity index (χ0n) is 20.2. The van der Waals surface area contributed by atoms with Crippen LogP contribution in [0.5, 0.6) is 5.75 Å². The SMILES string of the molecule is COc1cc(S(=O)(=O)N2CCN(c3nc(C)cc(N4CCN(C)CC4)n3)CC2)c(C)cc1C. The molecule has 9 nitrogen and oxygen atoms in total. The standard InChI is InChI=1S/C23H34N6O3S/c1-17-14-18(2)21(16-20(17)32-5)33(30,31)29-12-10-28(11-13-29)23-24-19(3)15-22(25-23)27-8-6-26(4)7-9-27/h14-16H,6-13H2,1-5H3. The average Bonchev–Trinajstić information content (AvgIpc) is 2.79. The maximum absolute atomic E-state index is 13.4. The highest BCUT2D eigenvalue weighted by atomic mass is 32.2. The molecule has 4 rings (SSSR count). The van der Waals surface area contributed by atoms with Crippen LogP contribution in [0.2, 0.25) is 0 Å². The highest BCUT2D eigenvalue weighted by Crippen LogP contribution is 2.29. The molecule has 0 amide bonds. The lowest BCUT2D eigenvalue weighted by Gasteiger charge is -2.36. The number of rotatable bonds is 5. The molecule has 2 aliphatic rings. The van der Waals surface area contributed by atoms with Crippen molar-refractivity contribution < 1.29 is 13.2 Å². The minimum atomic E-state index is -3.61. The third kappa shape index (κ3) is 4.92. The van der Waals surface area contributed by atoms with Gasteiger partial charge >= 0.3 is 0 Å². The van der Waals surface area contributed by atoms with Crippen LogP contribution in [0.4, 0.5) is 11.8 Å². The maximum Gasteiger partial charge on any atom is 0.243 e. The largest absolute Gasteiger partial charge is 0.496 e. The van der Waals surface area contributed by atoms with Crippen molar-refractivity contribution in [3.05, 3.63) is 35.0 Å². The molecule has 0 bridgehead atoms. The lowest BCUT2D eigenvalue weighted by atomic mass is 10.1. The van der Waals surface area contributed by atoms with Crippen LogP contribution in [0, 0.1) is 20.8 Å². The molecule has 2 aromatic rings. The summed E-state index contributed by atoms with van der Waals surface area (Å²) in [4.78, 5) is 16.5. The van der Waals surface area contributed by atoms with Crippen molar-refractivity contribution in [1.29, 1.82) is 0 Å². The Balaban J connectivity index is 1.49. The van der Waals surface area contributed by atoms with Gasteiger partial charge < -0.3 is 19.4 Å². The van der Waals surface area contributed by atoms with Crippen LogP contribution in [0.25, 0.3) is 0 Å². The van der Waals surface area contributed by atoms with E-state index in [1.165, 1.54) is 0 Å². The van der Waals surface area contributed by atoms with Crippen LogP contribution < -0.4 is 14.5 Å². The van der Waals surface area contributed by atoms with Gasteiger partial charge in [-0.25, -0.2) is 13.4 Å². The molecule has 0 spiro atoms. The zero-order chi connectivity index (χ0) is 23.8. The van der Waals surface area contributed by atoms with E-state index in [9.17, 15) is 8.42 Å². The highest BCUT2D eigenvalue weighted by molar-refractivity contribution is 7.89. The molecule has 2 fully saturated rings. The summed E-state index contributed by atoms with van der Waals surface area (Å²) in [7, 11) is 0.0818. The molecular weight excluding hydrogens is 440 g/mol. The Hall–Kier alpha value is -2.43. The van der Waals surface area contributed by atoms with E-state index in [0.717, 1.165) is 48.8 Å². The number of aromatic nitrogens is 2. The summed E-state index contributed by atoms with van der Waals surface area (Å²) in [6, 6.07) is 5.53. The second-order valence-corrected chi connectivity index (χ2v) is 10.8. The van der Waals surface area contributed by atoms with E-state index < -0.39 is 10.0 Å². The fourth-order valence-electron chi connectivity index (χ4n) is 4.45. The van der Waals surface area contributed by atoms with Crippen molar-refractivity contribution in [3.63, 3.8) is 0 Å². The van der Waals surface area contributed by atoms with Crippen molar-refractivity contribution in [3.8, 4) is 5.75 Å². The van der Waals surface area contributed by atoms with E-state index >= 15 is 0 Å². The van der Waals surface area contributed by atoms with Crippen molar-refractivity contribution in [2.45, 2.75) is 25.7 Å². The third-order valence-corrected chi connectivity index (χ3v) is 8.53. The third-order valence-electron chi connectivity index (χ3n) is 6.49. The first-order valence-electron chi connectivity index (χ1n) is 11.4. The van der Waals surface area contributed by atoms with E-state index in [1.54, 1.807) is 17.5 Å². The summed E-state index contributed by atoms with van der Waals surface area (Å²) < 4.78 is 33.7. The Bertz CT molecular complexity index is 1110. The molecule has 1 aromatic heterocycles. The fraction of sp³-hybridized carbons (Fsp3) is 0.565. The zero-order valence-corrected chi connectivity index (χ0v) is 21.0. The molecule has 0 radical (unpaired) electrons. The molecule has 0 saturated carbocycles. The number of nitrogens with zero attached hydrogens (tertiary/aromatic N) is 6. The predicted molar refractivity (Wildman–Crippen MR) is 130 cm³/mol. The van der Waals surface area contributed by atoms with Gasteiger partial charge in [0, 0.05) is 70.2 Å². The number of sulfonamides is 1. The Morgan fingerprint density at radius 1 is 0.818 bits per heavy atom. The van der Waals surface area contributed by atoms with Crippen LogP contribution in [-0.2, 0) is 10.0 Å². The van der Waals surface area contributed by atoms with Gasteiger partial charge in [-0.15, -0.1) is 0 Å². The lowest BCUT2D eigenvalue weighted by molar-refractivity contribution is 0.312. The van der Waals surface area contributed by atoms with Crippen molar-refractivity contribution in [1.82, 2.24) is 19.2 Å². The van der Waals surface area contributed by atoms with Crippen LogP contribution in [-0.4, -0.2) is 94.1 Å². The Kier molecular flexibility index (Phi) is 6.78. The van der Waals surface area contributed by atoms with Gasteiger partial charge in [0.1, 0.15) is 11.6 Å². The van der Waals surface area contributed by atoms with Gasteiger partial charge in [0.25, 0.3) is 0 Å². The normalized spacial score (nSPS) is 18.6. The van der Waals surface area contributed by atoms with Gasteiger partial charge in [0.05, 0.1) is 12.0 Å². The summed E-state index contributed by atoms with van der Waals surface area (Å²) in [5, 5.41) is 0. The molecule has 0 atom stereocenters. The first kappa shape index (κ1) is 23.7. The number of aryl methyl sites for hydroxylation is 3. The minimum absolute atomic E-state index is 0.308. The number of methoxy groups -OCH3 is 1. The Morgan fingerprint density at radius 3 is 2.09 bits per heavy atom. The van der Waals surface area contributed by atoms with Crippen molar-refractivity contribution in [2.75, 3.05) is 76.3 Å². The smallest absolute Gasteiger partial charge is 0.243 e. The molecule has 2 aliphatic heterocycles. The molecular formula is C23H34N6O3S. The van der Waals surface area contributed by atoms with Gasteiger partial charge in [-0.1, -0.05) is 6.07 Å². The van der Waals surface area contributed by atoms with E-state index in [4.69, 9.17) is 9.72 Å². The fourth-order valence-corrected chi connectivity index (χ4v) is 6.10. The maximum atomic E-state index is 13.4. The van der Waals surface area contributed by atoms with Crippen LogP contribution >= 0.6 is 0 Å². The van der Waals surface area contributed by atoms with E-state index in [0.29, 0.717) is 42.8 Å². The molecule has 0 aliphatic carbocycles. The number of likely N-dealkylation sites (N-methyl/N-ethyl adjacent to an activating group) is 1. The minimum Gasteiger partial charge on any atom is -0.496 e. The van der Waals surface area contributed by atoms with Crippen LogP contribution in [0.3, 0.4) is 0 Å². The molecule has 3 heterocycles. The second kappa shape index (κ2) is 9.44. The number of anilines is 2. The molecule has 0 N–H and O–H groups in total. The van der Waals surface area contributed by atoms with Gasteiger partial charge in [-0.2, -0.15) is 9.29 Å². The molecule has 0 unspecified atom stereocenters. The summed E-state index contributed by atoms with van der Waals surface area (Å²) in [5.41, 5.74) is 2.58. The number of hydrogen-bond acceptors (Lipinski definition) is 8. The molecule has 2 saturated heterocycles. The van der Waals surface area contributed by atoms with Crippen molar-refractivity contribution in [2.24, 2.45) is 0 Å². The summed E-state index contributed by atoms with van der Waals surface area (Å²) in [5.74, 6) is 2.21. The van der Waals surface area contributed by atoms with Crippen LogP contribution in [0.15, 0.2) is 23.1 Å². The first-order valence-corrected chi connectivity index (χ1v) is 12.8. The topological polar surface area (TPSA) is 82.1 Å². The summed E-state index contributed by atoms with van der Waals surface area (Å²) in [6.07, 6.45) is 0. The number of piperazine rings is 2. The van der Waals surface area contributed by atoms with E-state index in [-0.39, 0.29) is 0 Å². The van der Waals surface area contributed by atoms with Gasteiger partial charge in [0.2, 0.25) is 16.0 Å². The number of hydrogen-bond donors (Lipinski definition) is 0. The molecule has 1 aromatic carbocycles. The number of ether oxygens (including phenoxy) is 1. The van der Waals surface area contributed by atoms with Crippen LogP contribution in [0.1, 0.15) is 16.8 Å². The van der Waals surface area contributed by atoms with Crippen molar-refractivity contribution >= 4 is 21.8 Å². The monoisotopic (exact) mass is 474 g/mol. The predicted octanol–water partition coefficient (Wildman–Crippen LogP) is 1.67. The second-order valence-electron chi connectivity index (χ2n) is 8.94. The lowest BCUT2D eigenvalue weighted by Crippen LogP contribution is -2.49. The van der Waals surface area contributed by atoms with E-state index in [1.807, 2.05) is 32.9 Å². The quantitative estimate of drug-likeness (QED) is 0.647. The molecule has 33 heavy (non-hydrogen) atoms. The molecule has 10 heteroatoms. The van der Waals surface area contributed by atoms with E-state index in [2.05, 4.69) is 26.7 Å². The number of benzene rings is 1. The molecule has 180 valence electrons.